The Bertz CT molecular complexity index is 321. The van der Waals surface area contributed by atoms with Crippen LogP contribution in [0, 0.1) is 31.9 Å². The molecule has 3 rings (SSSR count). The molecule has 1 heterocycles. The quantitative estimate of drug-likeness (QED) is 0.403. The van der Waals surface area contributed by atoms with Gasteiger partial charge in [0, 0.05) is 0 Å². The maximum atomic E-state index is 7.50. The molecule has 23 heavy (non-hydrogen) atoms. The van der Waals surface area contributed by atoms with Crippen molar-refractivity contribution in [3.8, 4) is 0 Å². The molecule has 0 N–H and O–H groups in total. The molecule has 0 spiro atoms. The molecule has 1 aliphatic heterocycles. The molecule has 2 aliphatic carbocycles. The second-order valence-corrected chi connectivity index (χ2v) is 5.23. The minimum atomic E-state index is 0. The first kappa shape index (κ1) is 27.5. The van der Waals surface area contributed by atoms with Crippen molar-refractivity contribution in [2.24, 2.45) is 5.92 Å². The van der Waals surface area contributed by atoms with Gasteiger partial charge in [-0.15, -0.1) is 0 Å². The molecule has 0 aromatic heterocycles. The summed E-state index contributed by atoms with van der Waals surface area (Å²) in [6, 6.07) is 0. The van der Waals surface area contributed by atoms with E-state index in [0.29, 0.717) is 6.10 Å². The van der Waals surface area contributed by atoms with Gasteiger partial charge in [0.05, 0.1) is 6.10 Å². The van der Waals surface area contributed by atoms with E-state index in [1.54, 1.807) is 5.57 Å². The second kappa shape index (κ2) is 21.6. The molecule has 0 aromatic carbocycles. The third kappa shape index (κ3) is 11.7. The van der Waals surface area contributed by atoms with E-state index in [2.05, 4.69) is 33.0 Å². The molecule has 3 aliphatic rings. The van der Waals surface area contributed by atoms with E-state index >= 15 is 0 Å². The van der Waals surface area contributed by atoms with Crippen molar-refractivity contribution in [2.75, 3.05) is 6.61 Å². The summed E-state index contributed by atoms with van der Waals surface area (Å²) < 4.78 is 28.1. The molecule has 2 saturated carbocycles. The monoisotopic (exact) mass is 489 g/mol. The van der Waals surface area contributed by atoms with E-state index in [9.17, 15) is 0 Å². The zero-order valence-corrected chi connectivity index (χ0v) is 16.7. The molecule has 0 unspecified atom stereocenters. The average molecular weight is 489 g/mol. The topological polar surface area (TPSA) is 68.9 Å². The summed E-state index contributed by atoms with van der Waals surface area (Å²) in [6.07, 6.45) is 16.5. The standard InChI is InChI=1S/C10H15O.C5H10.3CO.W/c1-2-10-9-5-3-4-8(9)6-7-11-10;1-2-4-5-3-1;3*1-2;/h9-10H,2-5,7H2,1H3;1-5H2;;;;/q-1;;;;;+2/t9-,10-;;;;;/m0...../s1. The van der Waals surface area contributed by atoms with Crippen LogP contribution in [0.3, 0.4) is 0 Å². The van der Waals surface area contributed by atoms with E-state index in [1.165, 1.54) is 51.4 Å². The predicted octanol–water partition coefficient (Wildman–Crippen LogP) is 4.16. The maximum Gasteiger partial charge on any atom is 2.00 e. The Hall–Kier alpha value is -0.392. The first-order valence-corrected chi connectivity index (χ1v) is 7.74. The molecule has 0 aromatic rings. The summed E-state index contributed by atoms with van der Waals surface area (Å²) in [4.78, 5) is 0. The van der Waals surface area contributed by atoms with Crippen LogP contribution in [0.5, 0.6) is 0 Å². The molecule has 5 heteroatoms. The van der Waals surface area contributed by atoms with Gasteiger partial charge < -0.3 is 10.8 Å². The van der Waals surface area contributed by atoms with Crippen LogP contribution in [0.2, 0.25) is 0 Å². The third-order valence-electron chi connectivity index (χ3n) is 4.11. The van der Waals surface area contributed by atoms with Crippen molar-refractivity contribution >= 4 is 0 Å². The minimum absolute atomic E-state index is 0. The first-order chi connectivity index (χ1) is 10.9. The second-order valence-electron chi connectivity index (χ2n) is 5.23. The van der Waals surface area contributed by atoms with Gasteiger partial charge >= 0.3 is 55.0 Å². The fourth-order valence-corrected chi connectivity index (χ4v) is 3.15. The zero-order valence-electron chi connectivity index (χ0n) is 13.8. The largest absolute Gasteiger partial charge is 2.00 e. The van der Waals surface area contributed by atoms with Crippen LogP contribution in [0.1, 0.15) is 64.7 Å². The van der Waals surface area contributed by atoms with Gasteiger partial charge in [0.25, 0.3) is 0 Å². The number of fused-ring (bicyclic) bond motifs is 1. The maximum absolute atomic E-state index is 7.50. The van der Waals surface area contributed by atoms with Crippen LogP contribution < -0.4 is 0 Å². The number of rotatable bonds is 1. The van der Waals surface area contributed by atoms with Crippen molar-refractivity contribution in [1.82, 2.24) is 0 Å². The molecule has 0 bridgehead atoms. The molecule has 0 amide bonds. The number of hydrogen-bond donors (Lipinski definition) is 0. The Morgan fingerprint density at radius 3 is 1.87 bits per heavy atom. The van der Waals surface area contributed by atoms with Gasteiger partial charge in [0.15, 0.2) is 0 Å². The van der Waals surface area contributed by atoms with Gasteiger partial charge in [-0.1, -0.05) is 58.5 Å². The van der Waals surface area contributed by atoms with Gasteiger partial charge in [0.2, 0.25) is 0 Å². The van der Waals surface area contributed by atoms with Crippen LogP contribution in [0.15, 0.2) is 5.57 Å². The zero-order chi connectivity index (χ0) is 17.2. The Balaban J connectivity index is -0.000000284. The third-order valence-corrected chi connectivity index (χ3v) is 4.11. The minimum Gasteiger partial charge on any atom is 2.00 e. The van der Waals surface area contributed by atoms with Crippen molar-refractivity contribution in [2.45, 2.75) is 70.8 Å². The molecule has 0 saturated heterocycles. The summed E-state index contributed by atoms with van der Waals surface area (Å²) in [5, 5.41) is 0. The molecule has 126 valence electrons. The normalized spacial score (nSPS) is 23.0. The van der Waals surface area contributed by atoms with E-state index in [0.717, 1.165) is 18.9 Å². The van der Waals surface area contributed by atoms with Crippen molar-refractivity contribution in [3.63, 3.8) is 0 Å². The van der Waals surface area contributed by atoms with E-state index in [-0.39, 0.29) is 21.1 Å². The van der Waals surface area contributed by atoms with Crippen molar-refractivity contribution in [3.05, 3.63) is 31.6 Å². The van der Waals surface area contributed by atoms with Gasteiger partial charge in [-0.25, -0.2) is 5.57 Å². The van der Waals surface area contributed by atoms with Crippen LogP contribution in [0.25, 0.3) is 0 Å². The summed E-state index contributed by atoms with van der Waals surface area (Å²) >= 11 is 0. The van der Waals surface area contributed by atoms with E-state index in [1.807, 2.05) is 0 Å². The van der Waals surface area contributed by atoms with Gasteiger partial charge in [-0.2, -0.15) is 0 Å². The van der Waals surface area contributed by atoms with Gasteiger partial charge in [0.1, 0.15) is 0 Å². The van der Waals surface area contributed by atoms with Crippen LogP contribution >= 0.6 is 0 Å². The predicted molar refractivity (Wildman–Crippen MR) is 79.0 cm³/mol. The summed E-state index contributed by atoms with van der Waals surface area (Å²) in [5.41, 5.74) is 1.56. The summed E-state index contributed by atoms with van der Waals surface area (Å²) in [5.74, 6) is 0.730. The smallest absolute Gasteiger partial charge is 2.00 e. The Kier molecular flexibility index (Phi) is 25.8. The summed E-state index contributed by atoms with van der Waals surface area (Å²) in [7, 11) is 0. The summed E-state index contributed by atoms with van der Waals surface area (Å²) in [6.45, 7) is 16.5. The van der Waals surface area contributed by atoms with Crippen LogP contribution in [-0.2, 0) is 39.8 Å². The Morgan fingerprint density at radius 2 is 1.43 bits per heavy atom. The van der Waals surface area contributed by atoms with Crippen LogP contribution in [0.4, 0.5) is 0 Å². The Morgan fingerprint density at radius 1 is 0.957 bits per heavy atom. The molecular weight excluding hydrogens is 464 g/mol. The van der Waals surface area contributed by atoms with Gasteiger partial charge in [-0.05, 0) is 18.8 Å². The molecule has 2 atom stereocenters. The fourth-order valence-electron chi connectivity index (χ4n) is 3.15. The SMILES string of the molecule is C1CCCC1.CC[C@@H]1OC[C-]=C2CCC[C@@H]21.[C-]#[O+].[C-]#[O+].[C-]#[O+].[W+2]. The van der Waals surface area contributed by atoms with Crippen LogP contribution in [-0.4, -0.2) is 12.7 Å². The fraction of sp³-hybridized carbons (Fsp3) is 0.722. The van der Waals surface area contributed by atoms with E-state index in [4.69, 9.17) is 18.7 Å². The Labute approximate surface area is 154 Å². The van der Waals surface area contributed by atoms with E-state index < -0.39 is 0 Å². The molecule has 0 radical (unpaired) electrons. The average Bonchev–Trinajstić information content (AvgIpc) is 3.34. The molecule has 2 fully saturated rings. The number of ether oxygens (including phenoxy) is 1. The van der Waals surface area contributed by atoms with Crippen molar-refractivity contribution in [1.29, 1.82) is 0 Å². The van der Waals surface area contributed by atoms with Gasteiger partial charge in [-0.3, -0.25) is 0 Å². The van der Waals surface area contributed by atoms with Crippen molar-refractivity contribution < 1.29 is 39.8 Å². The molecule has 4 nitrogen and oxygen atoms in total. The number of hydrogen-bond acceptors (Lipinski definition) is 1. The first-order valence-electron chi connectivity index (χ1n) is 7.74. The molecular formula is C18H25O4W+.